The summed E-state index contributed by atoms with van der Waals surface area (Å²) in [7, 11) is 0. The van der Waals surface area contributed by atoms with E-state index >= 15 is 0 Å². The molecule has 0 bridgehead atoms. The summed E-state index contributed by atoms with van der Waals surface area (Å²) in [4.78, 5) is 48.8. The summed E-state index contributed by atoms with van der Waals surface area (Å²) in [6.07, 6.45) is -7.27. The fourth-order valence-corrected chi connectivity index (χ4v) is 3.01. The highest BCUT2D eigenvalue weighted by Crippen LogP contribution is 2.34. The largest absolute Gasteiger partial charge is 0.443 e. The molecule has 2 aromatic rings. The molecule has 0 radical (unpaired) electrons. The van der Waals surface area contributed by atoms with E-state index in [1.54, 1.807) is 68.4 Å². The molecule has 41 heavy (non-hydrogen) atoms. The zero-order chi connectivity index (χ0) is 31.6. The Morgan fingerprint density at radius 2 is 1.22 bits per heavy atom. The number of carbonyl (C=O) groups is 3. The molecule has 0 aliphatic rings. The van der Waals surface area contributed by atoms with E-state index in [2.05, 4.69) is 9.97 Å². The molecule has 0 unspecified atom stereocenters. The van der Waals surface area contributed by atoms with Crippen molar-refractivity contribution < 1.29 is 41.8 Å². The Hall–Kier alpha value is -4.41. The van der Waals surface area contributed by atoms with Crippen molar-refractivity contribution in [2.24, 2.45) is 0 Å². The Morgan fingerprint density at radius 3 is 1.61 bits per heavy atom. The first kappa shape index (κ1) is 32.8. The van der Waals surface area contributed by atoms with Gasteiger partial charge in [-0.25, -0.2) is 29.3 Å². The summed E-state index contributed by atoms with van der Waals surface area (Å²) in [5.74, 6) is -1.03. The molecule has 3 amide bonds. The van der Waals surface area contributed by atoms with Crippen LogP contribution in [0.25, 0.3) is 0 Å². The number of hydrogen-bond acceptors (Lipinski definition) is 9. The molecule has 1 aromatic carbocycles. The molecule has 1 heterocycles. The van der Waals surface area contributed by atoms with Crippen molar-refractivity contribution >= 4 is 35.6 Å². The van der Waals surface area contributed by atoms with Gasteiger partial charge in [0.2, 0.25) is 0 Å². The lowest BCUT2D eigenvalue weighted by Crippen LogP contribution is -2.44. The maximum absolute atomic E-state index is 13.3. The molecule has 2 rings (SSSR count). The topological polar surface area (TPSA) is 135 Å². The Balaban J connectivity index is 2.80. The lowest BCUT2D eigenvalue weighted by Gasteiger charge is -2.29. The van der Waals surface area contributed by atoms with Gasteiger partial charge in [0.1, 0.15) is 22.9 Å². The number of alkyl halides is 3. The van der Waals surface area contributed by atoms with Crippen molar-refractivity contribution in [3.8, 4) is 6.07 Å². The minimum Gasteiger partial charge on any atom is -0.443 e. The van der Waals surface area contributed by atoms with Crippen molar-refractivity contribution in [3.63, 3.8) is 0 Å². The van der Waals surface area contributed by atoms with E-state index in [1.807, 2.05) is 0 Å². The lowest BCUT2D eigenvalue weighted by molar-refractivity contribution is -0.137. The zero-order valence-corrected chi connectivity index (χ0v) is 24.2. The van der Waals surface area contributed by atoms with Gasteiger partial charge in [0.05, 0.1) is 17.4 Å². The van der Waals surface area contributed by atoms with Crippen LogP contribution in [0.5, 0.6) is 0 Å². The number of aromatic nitrogens is 2. The molecule has 0 aliphatic carbocycles. The molecule has 14 heteroatoms. The number of imide groups is 1. The quantitative estimate of drug-likeness (QED) is 0.348. The third-order valence-electron chi connectivity index (χ3n) is 4.47. The van der Waals surface area contributed by atoms with Crippen LogP contribution in [0.3, 0.4) is 0 Å². The fourth-order valence-electron chi connectivity index (χ4n) is 3.01. The molecule has 0 atom stereocenters. The summed E-state index contributed by atoms with van der Waals surface area (Å²) >= 11 is 0. The summed E-state index contributed by atoms with van der Waals surface area (Å²) in [6, 6.07) is 5.15. The van der Waals surface area contributed by atoms with Crippen LogP contribution in [0, 0.1) is 11.3 Å². The van der Waals surface area contributed by atoms with Gasteiger partial charge in [0, 0.05) is 0 Å². The van der Waals surface area contributed by atoms with Gasteiger partial charge in [-0.15, -0.1) is 0 Å². The van der Waals surface area contributed by atoms with Gasteiger partial charge in [0.15, 0.2) is 17.3 Å². The van der Waals surface area contributed by atoms with E-state index in [4.69, 9.17) is 14.2 Å². The van der Waals surface area contributed by atoms with Gasteiger partial charge >= 0.3 is 24.5 Å². The highest BCUT2D eigenvalue weighted by molar-refractivity contribution is 6.09. The van der Waals surface area contributed by atoms with Gasteiger partial charge < -0.3 is 14.2 Å². The van der Waals surface area contributed by atoms with Crippen LogP contribution in [0.2, 0.25) is 0 Å². The molecule has 11 nitrogen and oxygen atoms in total. The number of anilines is 3. The van der Waals surface area contributed by atoms with Crippen molar-refractivity contribution in [2.45, 2.75) is 85.3 Å². The predicted molar refractivity (Wildman–Crippen MR) is 142 cm³/mol. The number of benzene rings is 1. The molecular weight excluding hydrogens is 547 g/mol. The van der Waals surface area contributed by atoms with Crippen LogP contribution in [-0.4, -0.2) is 45.1 Å². The Morgan fingerprint density at radius 1 is 0.780 bits per heavy atom. The molecule has 0 saturated heterocycles. The lowest BCUT2D eigenvalue weighted by atomic mass is 10.2. The third-order valence-corrected chi connectivity index (χ3v) is 4.47. The Labute approximate surface area is 235 Å². The van der Waals surface area contributed by atoms with Crippen molar-refractivity contribution in [1.29, 1.82) is 5.26 Å². The van der Waals surface area contributed by atoms with Gasteiger partial charge in [-0.2, -0.15) is 23.3 Å². The monoisotopic (exact) mass is 579 g/mol. The number of nitriles is 1. The minimum absolute atomic E-state index is 0.170. The molecule has 0 spiro atoms. The highest BCUT2D eigenvalue weighted by Gasteiger charge is 2.37. The van der Waals surface area contributed by atoms with E-state index in [9.17, 15) is 32.8 Å². The highest BCUT2D eigenvalue weighted by atomic mass is 19.4. The second-order valence-corrected chi connectivity index (χ2v) is 11.7. The molecule has 0 N–H and O–H groups in total. The van der Waals surface area contributed by atoms with Gasteiger partial charge in [-0.1, -0.05) is 0 Å². The standard InChI is InChI=1S/C27H32F3N5O6/c1-24(2,3)39-21(36)34(17-12-10-16(11-13-17)27(28,29)30)20-18(14-31)32-15-19(33-20)35(22(37)40-25(4,5)6)23(38)41-26(7,8)9/h10-13,15H,1-9H3. The second-order valence-electron chi connectivity index (χ2n) is 11.7. The van der Waals surface area contributed by atoms with E-state index in [-0.39, 0.29) is 5.69 Å². The number of nitrogens with zero attached hydrogens (tertiary/aromatic N) is 5. The summed E-state index contributed by atoms with van der Waals surface area (Å²) in [5, 5.41) is 9.76. The minimum atomic E-state index is -4.66. The summed E-state index contributed by atoms with van der Waals surface area (Å²) in [6.45, 7) is 14.0. The van der Waals surface area contributed by atoms with Crippen LogP contribution in [0.15, 0.2) is 30.5 Å². The first-order chi connectivity index (χ1) is 18.5. The van der Waals surface area contributed by atoms with Crippen molar-refractivity contribution in [2.75, 3.05) is 9.80 Å². The fraction of sp³-hybridized carbons (Fsp3) is 0.481. The maximum Gasteiger partial charge on any atom is 0.425 e. The van der Waals surface area contributed by atoms with Gasteiger partial charge in [0.25, 0.3) is 0 Å². The molecular formula is C27H32F3N5O6. The SMILES string of the molecule is CC(C)(C)OC(=O)N(C(=O)OC(C)(C)C)c1cnc(C#N)c(N(C(=O)OC(C)(C)C)c2ccc(C(F)(F)F)cc2)n1. The smallest absolute Gasteiger partial charge is 0.425 e. The van der Waals surface area contributed by atoms with E-state index < -0.39 is 64.2 Å². The Kier molecular flexibility index (Phi) is 9.28. The van der Waals surface area contributed by atoms with Gasteiger partial charge in [-0.3, -0.25) is 0 Å². The van der Waals surface area contributed by atoms with Crippen LogP contribution in [0.4, 0.5) is 44.9 Å². The van der Waals surface area contributed by atoms with Crippen LogP contribution in [-0.2, 0) is 20.4 Å². The average molecular weight is 580 g/mol. The maximum atomic E-state index is 13.3. The van der Waals surface area contributed by atoms with Crippen LogP contribution in [0.1, 0.15) is 73.6 Å². The number of carbonyl (C=O) groups excluding carboxylic acids is 3. The van der Waals surface area contributed by atoms with Crippen LogP contribution < -0.4 is 9.80 Å². The zero-order valence-electron chi connectivity index (χ0n) is 24.2. The number of ether oxygens (including phenoxy) is 3. The molecule has 0 saturated carbocycles. The normalized spacial score (nSPS) is 12.2. The molecule has 0 fully saturated rings. The Bertz CT molecular complexity index is 1310. The number of hydrogen-bond donors (Lipinski definition) is 0. The molecule has 1 aromatic heterocycles. The van der Waals surface area contributed by atoms with Crippen molar-refractivity contribution in [1.82, 2.24) is 9.97 Å². The van der Waals surface area contributed by atoms with E-state index in [0.717, 1.165) is 30.5 Å². The van der Waals surface area contributed by atoms with Gasteiger partial charge in [-0.05, 0) is 86.6 Å². The predicted octanol–water partition coefficient (Wildman–Crippen LogP) is 7.12. The third kappa shape index (κ3) is 9.33. The first-order valence-electron chi connectivity index (χ1n) is 12.3. The number of halogens is 3. The number of amides is 3. The van der Waals surface area contributed by atoms with E-state index in [0.29, 0.717) is 9.80 Å². The molecule has 222 valence electrons. The number of rotatable bonds is 3. The summed E-state index contributed by atoms with van der Waals surface area (Å²) < 4.78 is 55.7. The average Bonchev–Trinajstić information content (AvgIpc) is 2.75. The van der Waals surface area contributed by atoms with E-state index in [1.165, 1.54) is 0 Å². The van der Waals surface area contributed by atoms with Crippen molar-refractivity contribution in [3.05, 3.63) is 41.7 Å². The summed E-state index contributed by atoms with van der Waals surface area (Å²) in [5.41, 5.74) is -4.81. The molecule has 0 aliphatic heterocycles. The second kappa shape index (κ2) is 11.6. The van der Waals surface area contributed by atoms with Crippen LogP contribution >= 0.6 is 0 Å². The first-order valence-corrected chi connectivity index (χ1v) is 12.3.